The number of para-hydroxylation sites is 1. The lowest BCUT2D eigenvalue weighted by atomic mass is 10.0. The van der Waals surface area contributed by atoms with E-state index in [9.17, 15) is 13.2 Å². The first kappa shape index (κ1) is 18.4. The zero-order valence-corrected chi connectivity index (χ0v) is 15.7. The highest BCUT2D eigenvalue weighted by atomic mass is 32.2. The van der Waals surface area contributed by atoms with Crippen molar-refractivity contribution < 1.29 is 13.2 Å². The number of carbonyl (C=O) groups is 1. The summed E-state index contributed by atoms with van der Waals surface area (Å²) in [5.41, 5.74) is 2.30. The number of hydrogen-bond acceptors (Lipinski definition) is 4. The third-order valence-electron chi connectivity index (χ3n) is 5.14. The minimum Gasteiger partial charge on any atom is -0.312 e. The van der Waals surface area contributed by atoms with Gasteiger partial charge in [-0.25, -0.2) is 8.42 Å². The Morgan fingerprint density at radius 1 is 1.08 bits per heavy atom. The SMILES string of the molecule is CCS(=O)(=O)N1CCN(CCC(=O)N2CCCc3ccccc32)CC1. The van der Waals surface area contributed by atoms with Crippen molar-refractivity contribution in [1.82, 2.24) is 9.21 Å². The fourth-order valence-electron chi connectivity index (χ4n) is 3.60. The van der Waals surface area contributed by atoms with Crippen molar-refractivity contribution in [3.8, 4) is 0 Å². The normalized spacial score (nSPS) is 19.6. The molecule has 3 rings (SSSR count). The summed E-state index contributed by atoms with van der Waals surface area (Å²) < 4.78 is 25.4. The van der Waals surface area contributed by atoms with E-state index >= 15 is 0 Å². The van der Waals surface area contributed by atoms with E-state index in [1.807, 2.05) is 23.1 Å². The molecule has 1 saturated heterocycles. The molecule has 0 aromatic heterocycles. The van der Waals surface area contributed by atoms with Crippen LogP contribution in [-0.4, -0.2) is 68.6 Å². The second kappa shape index (κ2) is 7.85. The summed E-state index contributed by atoms with van der Waals surface area (Å²) in [4.78, 5) is 16.8. The van der Waals surface area contributed by atoms with Crippen LogP contribution < -0.4 is 4.90 Å². The van der Waals surface area contributed by atoms with Crippen LogP contribution in [0, 0.1) is 0 Å². The van der Waals surface area contributed by atoms with Gasteiger partial charge in [-0.1, -0.05) is 18.2 Å². The van der Waals surface area contributed by atoms with Crippen molar-refractivity contribution in [2.75, 3.05) is 49.9 Å². The molecule has 7 heteroatoms. The molecule has 1 aromatic carbocycles. The predicted molar refractivity (Wildman–Crippen MR) is 99.2 cm³/mol. The average molecular weight is 365 g/mol. The molecule has 1 aromatic rings. The van der Waals surface area contributed by atoms with Gasteiger partial charge < -0.3 is 9.80 Å². The lowest BCUT2D eigenvalue weighted by molar-refractivity contribution is -0.119. The van der Waals surface area contributed by atoms with Crippen LogP contribution in [-0.2, 0) is 21.2 Å². The van der Waals surface area contributed by atoms with Gasteiger partial charge in [0.1, 0.15) is 0 Å². The van der Waals surface area contributed by atoms with Gasteiger partial charge in [0.15, 0.2) is 0 Å². The van der Waals surface area contributed by atoms with Crippen molar-refractivity contribution in [3.05, 3.63) is 29.8 Å². The number of benzene rings is 1. The van der Waals surface area contributed by atoms with Crippen LogP contribution >= 0.6 is 0 Å². The molecule has 2 aliphatic heterocycles. The Morgan fingerprint density at radius 3 is 2.52 bits per heavy atom. The number of piperazine rings is 1. The maximum atomic E-state index is 12.7. The number of sulfonamides is 1. The molecule has 2 heterocycles. The summed E-state index contributed by atoms with van der Waals surface area (Å²) in [5.74, 6) is 0.315. The maximum Gasteiger partial charge on any atom is 0.228 e. The average Bonchev–Trinajstić information content (AvgIpc) is 2.66. The van der Waals surface area contributed by atoms with E-state index in [1.54, 1.807) is 11.2 Å². The van der Waals surface area contributed by atoms with Crippen LogP contribution in [0.25, 0.3) is 0 Å². The van der Waals surface area contributed by atoms with E-state index in [1.165, 1.54) is 5.56 Å². The third-order valence-corrected chi connectivity index (χ3v) is 7.02. The number of anilines is 1. The first-order valence-electron chi connectivity index (χ1n) is 9.09. The first-order valence-corrected chi connectivity index (χ1v) is 10.7. The van der Waals surface area contributed by atoms with E-state index in [0.717, 1.165) is 25.1 Å². The Kier molecular flexibility index (Phi) is 5.76. The molecule has 0 saturated carbocycles. The summed E-state index contributed by atoms with van der Waals surface area (Å²) in [5, 5.41) is 0. The topological polar surface area (TPSA) is 60.9 Å². The fraction of sp³-hybridized carbons (Fsp3) is 0.611. The fourth-order valence-corrected chi connectivity index (χ4v) is 4.68. The Labute approximate surface area is 150 Å². The third kappa shape index (κ3) is 4.22. The number of amides is 1. The molecule has 25 heavy (non-hydrogen) atoms. The summed E-state index contributed by atoms with van der Waals surface area (Å²) in [6.45, 7) is 5.60. The largest absolute Gasteiger partial charge is 0.312 e. The van der Waals surface area contributed by atoms with Crippen LogP contribution in [0.15, 0.2) is 24.3 Å². The summed E-state index contributed by atoms with van der Waals surface area (Å²) >= 11 is 0. The Bertz CT molecular complexity index is 712. The number of rotatable bonds is 5. The zero-order valence-electron chi connectivity index (χ0n) is 14.9. The molecule has 0 aliphatic carbocycles. The molecule has 0 radical (unpaired) electrons. The second-order valence-electron chi connectivity index (χ2n) is 6.67. The number of hydrogen-bond donors (Lipinski definition) is 0. The van der Waals surface area contributed by atoms with Gasteiger partial charge in [0.2, 0.25) is 15.9 Å². The van der Waals surface area contributed by atoms with E-state index in [4.69, 9.17) is 0 Å². The van der Waals surface area contributed by atoms with Crippen molar-refractivity contribution in [1.29, 1.82) is 0 Å². The number of nitrogens with zero attached hydrogens (tertiary/aromatic N) is 3. The number of carbonyl (C=O) groups excluding carboxylic acids is 1. The second-order valence-corrected chi connectivity index (χ2v) is 8.93. The molecule has 0 spiro atoms. The monoisotopic (exact) mass is 365 g/mol. The van der Waals surface area contributed by atoms with Crippen LogP contribution in [0.5, 0.6) is 0 Å². The molecule has 138 valence electrons. The number of fused-ring (bicyclic) bond motifs is 1. The van der Waals surface area contributed by atoms with Crippen LogP contribution in [0.2, 0.25) is 0 Å². The molecule has 0 unspecified atom stereocenters. The highest BCUT2D eigenvalue weighted by Crippen LogP contribution is 2.27. The molecule has 0 N–H and O–H groups in total. The Morgan fingerprint density at radius 2 is 1.80 bits per heavy atom. The Hall–Kier alpha value is -1.44. The maximum absolute atomic E-state index is 12.7. The van der Waals surface area contributed by atoms with Crippen molar-refractivity contribution in [2.45, 2.75) is 26.2 Å². The van der Waals surface area contributed by atoms with E-state index in [0.29, 0.717) is 39.1 Å². The first-order chi connectivity index (χ1) is 12.0. The van der Waals surface area contributed by atoms with Gasteiger partial charge in [-0.15, -0.1) is 0 Å². The minimum absolute atomic E-state index is 0.153. The van der Waals surface area contributed by atoms with Gasteiger partial charge in [0.25, 0.3) is 0 Å². The van der Waals surface area contributed by atoms with Gasteiger partial charge in [0, 0.05) is 51.4 Å². The standard InChI is InChI=1S/C18H27N3O3S/c1-2-25(23,24)20-14-12-19(13-15-20)11-9-18(22)21-10-5-7-16-6-3-4-8-17(16)21/h3-4,6,8H,2,5,7,9-15H2,1H3. The van der Waals surface area contributed by atoms with Crippen molar-refractivity contribution in [3.63, 3.8) is 0 Å². The highest BCUT2D eigenvalue weighted by Gasteiger charge is 2.27. The van der Waals surface area contributed by atoms with E-state index < -0.39 is 10.0 Å². The smallest absolute Gasteiger partial charge is 0.228 e. The van der Waals surface area contributed by atoms with Gasteiger partial charge in [-0.3, -0.25) is 4.79 Å². The molecule has 6 nitrogen and oxygen atoms in total. The summed E-state index contributed by atoms with van der Waals surface area (Å²) in [7, 11) is -3.10. The van der Waals surface area contributed by atoms with Crippen molar-refractivity contribution >= 4 is 21.6 Å². The molecule has 1 fully saturated rings. The Balaban J connectivity index is 1.51. The highest BCUT2D eigenvalue weighted by molar-refractivity contribution is 7.89. The van der Waals surface area contributed by atoms with Gasteiger partial charge >= 0.3 is 0 Å². The van der Waals surface area contributed by atoms with Crippen LogP contribution in [0.4, 0.5) is 5.69 Å². The van der Waals surface area contributed by atoms with Gasteiger partial charge in [-0.2, -0.15) is 4.31 Å². The van der Waals surface area contributed by atoms with Gasteiger partial charge in [0.05, 0.1) is 5.75 Å². The minimum atomic E-state index is -3.10. The van der Waals surface area contributed by atoms with E-state index in [2.05, 4.69) is 11.0 Å². The zero-order chi connectivity index (χ0) is 17.9. The molecular weight excluding hydrogens is 338 g/mol. The van der Waals surface area contributed by atoms with Crippen molar-refractivity contribution in [2.24, 2.45) is 0 Å². The van der Waals surface area contributed by atoms with E-state index in [-0.39, 0.29) is 11.7 Å². The van der Waals surface area contributed by atoms with Crippen LogP contribution in [0.3, 0.4) is 0 Å². The van der Waals surface area contributed by atoms with Gasteiger partial charge in [-0.05, 0) is 31.4 Å². The molecule has 0 atom stereocenters. The lowest BCUT2D eigenvalue weighted by Crippen LogP contribution is -2.49. The molecule has 1 amide bonds. The van der Waals surface area contributed by atoms with Crippen LogP contribution in [0.1, 0.15) is 25.3 Å². The molecule has 2 aliphatic rings. The lowest BCUT2D eigenvalue weighted by Gasteiger charge is -2.34. The molecule has 0 bridgehead atoms. The molecular formula is C18H27N3O3S. The summed E-state index contributed by atoms with van der Waals surface area (Å²) in [6, 6.07) is 8.14. The predicted octanol–water partition coefficient (Wildman–Crippen LogP) is 1.32. The summed E-state index contributed by atoms with van der Waals surface area (Å²) in [6.07, 6.45) is 2.53. The quantitative estimate of drug-likeness (QED) is 0.790. The number of aryl methyl sites for hydroxylation is 1.